The second kappa shape index (κ2) is 59.1. The van der Waals surface area contributed by atoms with Gasteiger partial charge >= 0.3 is 17.6 Å². The molecule has 3 aromatic heterocycles. The Balaban J connectivity index is 0.000000384. The third kappa shape index (κ3) is 53.5. The van der Waals surface area contributed by atoms with E-state index >= 15 is 0 Å². The number of aliphatic hydroxyl groups excluding tert-OH is 1. The number of aldehydes is 1. The van der Waals surface area contributed by atoms with E-state index in [2.05, 4.69) is 70.6 Å². The molecule has 3 heterocycles. The number of carbonyl (C=O) groups excluding carboxylic acids is 8. The Hall–Kier alpha value is -8.26. The number of hydrogen-bond donors (Lipinski definition) is 10. The molecule has 0 spiro atoms. The molecule has 0 fully saturated rings. The fourth-order valence-electron chi connectivity index (χ4n) is 8.68. The zero-order valence-electron chi connectivity index (χ0n) is 65.5. The molecular formula is C85H75Cl19N12O11. The van der Waals surface area contributed by atoms with Crippen LogP contribution >= 0.6 is 220 Å². The summed E-state index contributed by atoms with van der Waals surface area (Å²) in [6, 6.07) is 74.7. The number of pyridine rings is 3. The highest BCUT2D eigenvalue weighted by Crippen LogP contribution is 2.33. The van der Waals surface area contributed by atoms with Crippen molar-refractivity contribution < 1.29 is 52.9 Å². The summed E-state index contributed by atoms with van der Waals surface area (Å²) in [6.07, 6.45) is 12.4. The van der Waals surface area contributed by atoms with E-state index in [0.717, 1.165) is 49.6 Å². The number of fused-ring (bicyclic) bond motifs is 3. The van der Waals surface area contributed by atoms with Crippen LogP contribution in [0.2, 0.25) is 0 Å². The van der Waals surface area contributed by atoms with Crippen molar-refractivity contribution >= 4 is 342 Å². The van der Waals surface area contributed by atoms with E-state index in [-0.39, 0.29) is 19.5 Å². The van der Waals surface area contributed by atoms with Crippen molar-refractivity contribution in [2.75, 3.05) is 29.6 Å². The highest BCUT2D eigenvalue weighted by molar-refractivity contribution is 6.74. The van der Waals surface area contributed by atoms with Crippen LogP contribution in [0, 0.1) is 6.92 Å². The number of nitrogens with zero attached hydrogens (tertiary/aromatic N) is 3. The average Bonchev–Trinajstić information content (AvgIpc) is 0.822. The molecular weight excluding hydrogens is 2040 g/mol. The summed E-state index contributed by atoms with van der Waals surface area (Å²) >= 11 is 102. The molecule has 674 valence electrons. The van der Waals surface area contributed by atoms with E-state index in [1.165, 1.54) is 29.9 Å². The Morgan fingerprint density at radius 1 is 0.409 bits per heavy atom. The van der Waals surface area contributed by atoms with E-state index in [1.54, 1.807) is 73.2 Å². The maximum atomic E-state index is 12.5. The lowest BCUT2D eigenvalue weighted by Crippen LogP contribution is -2.55. The van der Waals surface area contributed by atoms with Crippen molar-refractivity contribution in [2.45, 2.75) is 48.2 Å². The van der Waals surface area contributed by atoms with Crippen molar-refractivity contribution in [2.24, 2.45) is 11.5 Å². The summed E-state index contributed by atoms with van der Waals surface area (Å²) in [5.41, 5.74) is 23.9. The number of anilines is 3. The van der Waals surface area contributed by atoms with E-state index in [0.29, 0.717) is 22.4 Å². The fraction of sp³-hybridized carbons (Fsp3) is 0.141. The Labute approximate surface area is 825 Å². The van der Waals surface area contributed by atoms with Crippen LogP contribution in [0.4, 0.5) is 31.4 Å². The number of nitrogen functional groups attached to an aromatic ring is 1. The van der Waals surface area contributed by atoms with E-state index < -0.39 is 82.5 Å². The van der Waals surface area contributed by atoms with Gasteiger partial charge < -0.3 is 58.4 Å². The van der Waals surface area contributed by atoms with Crippen LogP contribution in [0.3, 0.4) is 0 Å². The molecule has 3 unspecified atom stereocenters. The molecule has 42 heteroatoms. The van der Waals surface area contributed by atoms with Gasteiger partial charge in [0.15, 0.2) is 18.7 Å². The summed E-state index contributed by atoms with van der Waals surface area (Å²) in [7, 11) is 0. The number of alkyl halides is 18. The van der Waals surface area contributed by atoms with Crippen molar-refractivity contribution in [3.05, 3.63) is 313 Å². The van der Waals surface area contributed by atoms with E-state index in [9.17, 15) is 43.5 Å². The van der Waals surface area contributed by atoms with Crippen molar-refractivity contribution in [3.63, 3.8) is 0 Å². The van der Waals surface area contributed by atoms with Gasteiger partial charge in [0.05, 0.1) is 33.6 Å². The lowest BCUT2D eigenvalue weighted by atomic mass is 10.2. The lowest BCUT2D eigenvalue weighted by Gasteiger charge is -2.26. The fourth-order valence-corrected chi connectivity index (χ4v) is 9.72. The molecule has 0 aliphatic rings. The molecule has 0 aliphatic heterocycles. The second-order valence-corrected chi connectivity index (χ2v) is 39.2. The van der Waals surface area contributed by atoms with Crippen molar-refractivity contribution in [1.82, 2.24) is 36.2 Å². The largest absolute Gasteiger partial charge is 0.449 e. The van der Waals surface area contributed by atoms with Gasteiger partial charge in [-0.05, 0) is 89.9 Å². The van der Waals surface area contributed by atoms with Crippen LogP contribution in [0.15, 0.2) is 286 Å². The number of aliphatic hydroxyl groups is 1. The number of amides is 7. The third-order valence-electron chi connectivity index (χ3n) is 14.3. The number of nitrogens with one attached hydrogen (secondary N) is 6. The lowest BCUT2D eigenvalue weighted by molar-refractivity contribution is -0.119. The molecule has 0 saturated heterocycles. The summed E-state index contributed by atoms with van der Waals surface area (Å²) in [5, 5.41) is 26.8. The van der Waals surface area contributed by atoms with Gasteiger partial charge in [-0.3, -0.25) is 44.2 Å². The number of rotatable bonds is 16. The highest BCUT2D eigenvalue weighted by atomic mass is 35.6. The number of para-hydroxylation sites is 3. The van der Waals surface area contributed by atoms with Crippen LogP contribution in [-0.2, 0) is 33.4 Å². The van der Waals surface area contributed by atoms with Crippen LogP contribution in [-0.4, -0.2) is 122 Å². The minimum absolute atomic E-state index is 0.234. The standard InChI is InChI=1S/C21H17Cl3N4O2.C12H9Cl3N2O2.C11H11Cl3N2O.C11H10Cl3NO2.C9H8N2.C9H9NO.C7H8.C3H2Cl4O2.C2HCl3O/c22-21(23,24)19(27-17(29)12-11-14-6-2-1-3-7-14)28-20(30)26-16-10-4-8-15-9-5-13-25-18(15)16;13-12(14,15)7-19-11(18)17-9-5-1-3-8-4-2-6-16-10(8)9;12-11(13,14)10(15)16-9(17)7-6-8-4-2-1-3-5-8;12-11(13,14)10(17)15-9(16)7-6-8-4-2-1-3-5-8;10-8-5-1-3-7-4-2-6-11-9(7)8;10-9(11)7-6-8-4-2-1-3-5-8;1-7-5-3-2-4-6-7;4-2(8)9-1-3(5,6)7;3-2(4,5)1-6/h1-13,19H,(H,27,29)(H2,26,28,30);1-6H,7H2,(H,17,18);1-7,10H,15H2,(H,16,17);1-7,10,17H,(H,15,16);1-6H,10H2;1-7H,(H2,10,11);2-6H,1H3;1H2;1H/b12-11+;;2*7-6+;;7-6+;;;. The Kier molecular flexibility index (Phi) is 52.6. The zero-order chi connectivity index (χ0) is 94.8. The van der Waals surface area contributed by atoms with E-state index in [4.69, 9.17) is 242 Å². The minimum Gasteiger partial charge on any atom is -0.449 e. The Morgan fingerprint density at radius 2 is 0.748 bits per heavy atom. The summed E-state index contributed by atoms with van der Waals surface area (Å²) in [6.45, 7) is 1.42. The molecule has 11 aromatic rings. The first-order valence-corrected chi connectivity index (χ1v) is 42.8. The molecule has 0 bridgehead atoms. The van der Waals surface area contributed by atoms with Crippen LogP contribution in [0.25, 0.3) is 57.0 Å². The molecule has 13 N–H and O–H groups in total. The number of primary amides is 1. The number of halogens is 19. The topological polar surface area (TPSA) is 364 Å². The highest BCUT2D eigenvalue weighted by Gasteiger charge is 2.36. The summed E-state index contributed by atoms with van der Waals surface area (Å²) < 4.78 is -1.66. The number of benzene rings is 8. The second-order valence-electron chi connectivity index (χ2n) is 24.4. The van der Waals surface area contributed by atoms with Crippen LogP contribution < -0.4 is 49.1 Å². The number of carbonyl (C=O) groups is 8. The first-order chi connectivity index (χ1) is 59.6. The summed E-state index contributed by atoms with van der Waals surface area (Å²) in [5.74, 6) is -1.93. The van der Waals surface area contributed by atoms with Crippen molar-refractivity contribution in [1.29, 1.82) is 0 Å². The van der Waals surface area contributed by atoms with Gasteiger partial charge in [0.1, 0.15) is 19.4 Å². The Morgan fingerprint density at radius 3 is 1.08 bits per heavy atom. The van der Waals surface area contributed by atoms with Gasteiger partial charge in [-0.25, -0.2) is 14.4 Å². The van der Waals surface area contributed by atoms with Crippen LogP contribution in [0.1, 0.15) is 27.8 Å². The smallest absolute Gasteiger partial charge is 0.411 e. The normalized spacial score (nSPS) is 11.9. The number of aromatic nitrogens is 3. The Bertz CT molecular complexity index is 5260. The van der Waals surface area contributed by atoms with Gasteiger partial charge in [-0.1, -0.05) is 421 Å². The molecule has 0 radical (unpaired) electrons. The molecule has 8 aromatic carbocycles. The molecule has 3 atom stereocenters. The molecule has 23 nitrogen and oxygen atoms in total. The van der Waals surface area contributed by atoms with Gasteiger partial charge in [0.25, 0.3) is 0 Å². The molecule has 127 heavy (non-hydrogen) atoms. The molecule has 0 saturated carbocycles. The molecule has 7 amide bonds. The average molecular weight is 2110 g/mol. The number of aryl methyl sites for hydroxylation is 1. The monoisotopic (exact) mass is 2100 g/mol. The number of hydrogen-bond acceptors (Lipinski definition) is 16. The SMILES string of the molecule is Cc1ccccc1.NC(=O)/C=C/c1ccccc1.NC(NC(=O)/C=C/c1ccccc1)C(Cl)(Cl)Cl.Nc1cccc2cccnc12.O=C(/C=C/c1ccccc1)NC(NC(=O)Nc1cccc2cccnc12)C(Cl)(Cl)Cl.O=C(/C=C/c1ccccc1)NC(O)C(Cl)(Cl)Cl.O=C(Cl)OCC(Cl)(Cl)Cl.O=C(Nc1cccc2cccnc12)OCC(Cl)(Cl)Cl.O=CC(Cl)(Cl)Cl. The maximum absolute atomic E-state index is 12.5. The van der Waals surface area contributed by atoms with Gasteiger partial charge in [-0.15, -0.1) is 0 Å². The predicted molar refractivity (Wildman–Crippen MR) is 526 cm³/mol. The predicted octanol–water partition coefficient (Wildman–Crippen LogP) is 23.3. The number of ether oxygens (including phenoxy) is 2. The third-order valence-corrected chi connectivity index (χ3v) is 17.3. The molecule has 0 aliphatic carbocycles. The van der Waals surface area contributed by atoms with E-state index in [1.807, 2.05) is 200 Å². The van der Waals surface area contributed by atoms with Gasteiger partial charge in [-0.2, -0.15) is 0 Å². The number of nitrogens with two attached hydrogens (primary N) is 3. The molecule has 11 rings (SSSR count). The maximum Gasteiger partial charge on any atom is 0.411 e. The minimum atomic E-state index is -1.98. The summed E-state index contributed by atoms with van der Waals surface area (Å²) in [4.78, 5) is 101. The first kappa shape index (κ1) is 113. The zero-order valence-corrected chi connectivity index (χ0v) is 79.8. The van der Waals surface area contributed by atoms with Crippen LogP contribution in [0.5, 0.6) is 0 Å². The number of urea groups is 1. The van der Waals surface area contributed by atoms with Gasteiger partial charge in [0, 0.05) is 70.7 Å². The first-order valence-electron chi connectivity index (χ1n) is 35.7. The van der Waals surface area contributed by atoms with Crippen molar-refractivity contribution in [3.8, 4) is 0 Å². The quantitative estimate of drug-likeness (QED) is 0.0107. The van der Waals surface area contributed by atoms with Gasteiger partial charge in [0.2, 0.25) is 46.4 Å².